The molecule has 1 saturated heterocycles. The maximum atomic E-state index is 5.88. The molecular weight excluding hydrogens is 340 g/mol. The van der Waals surface area contributed by atoms with Gasteiger partial charge in [0.15, 0.2) is 0 Å². The summed E-state index contributed by atoms with van der Waals surface area (Å²) in [5.74, 6) is 0.886. The molecule has 0 saturated carbocycles. The van der Waals surface area contributed by atoms with Gasteiger partial charge in [0.2, 0.25) is 0 Å². The van der Waals surface area contributed by atoms with Crippen LogP contribution in [0.1, 0.15) is 11.7 Å². The molecule has 1 aliphatic heterocycles. The summed E-state index contributed by atoms with van der Waals surface area (Å²) in [6.45, 7) is 0.585. The highest BCUT2D eigenvalue weighted by Gasteiger charge is 2.40. The third kappa shape index (κ3) is 2.87. The first-order valence-corrected chi connectivity index (χ1v) is 8.11. The molecule has 1 aliphatic rings. The van der Waals surface area contributed by atoms with E-state index in [1.54, 1.807) is 0 Å². The van der Waals surface area contributed by atoms with E-state index < -0.39 is 0 Å². The number of epoxide rings is 1. The van der Waals surface area contributed by atoms with Gasteiger partial charge in [-0.3, -0.25) is 0 Å². The Hall–Kier alpha value is -1.84. The fourth-order valence-corrected chi connectivity index (χ4v) is 3.05. The zero-order valence-electron chi connectivity index (χ0n) is 11.9. The maximum Gasteiger partial charge on any atom is 0.123 e. The summed E-state index contributed by atoms with van der Waals surface area (Å²) < 4.78 is 12.7. The van der Waals surface area contributed by atoms with Gasteiger partial charge in [0, 0.05) is 4.47 Å². The van der Waals surface area contributed by atoms with E-state index in [1.165, 1.54) is 16.3 Å². The Labute approximate surface area is 137 Å². The van der Waals surface area contributed by atoms with Crippen molar-refractivity contribution in [2.24, 2.45) is 0 Å². The molecule has 4 rings (SSSR count). The minimum absolute atomic E-state index is 0.156. The molecule has 2 atom stereocenters. The van der Waals surface area contributed by atoms with Crippen molar-refractivity contribution in [1.82, 2.24) is 0 Å². The van der Waals surface area contributed by atoms with Gasteiger partial charge in [-0.1, -0.05) is 58.4 Å². The van der Waals surface area contributed by atoms with E-state index >= 15 is 0 Å². The fraction of sp³-hybridized carbons (Fsp3) is 0.158. The average Bonchev–Trinajstić information content (AvgIpc) is 3.33. The van der Waals surface area contributed by atoms with Crippen LogP contribution in [0.2, 0.25) is 0 Å². The predicted molar refractivity (Wildman–Crippen MR) is 91.2 cm³/mol. The van der Waals surface area contributed by atoms with Crippen molar-refractivity contribution in [1.29, 1.82) is 0 Å². The fourth-order valence-electron chi connectivity index (χ4n) is 2.67. The van der Waals surface area contributed by atoms with Gasteiger partial charge in [0.1, 0.15) is 24.6 Å². The molecule has 0 unspecified atom stereocenters. The van der Waals surface area contributed by atoms with Crippen LogP contribution in [0.15, 0.2) is 71.2 Å². The first-order valence-electron chi connectivity index (χ1n) is 7.32. The molecule has 1 fully saturated rings. The molecule has 3 aromatic rings. The van der Waals surface area contributed by atoms with Crippen molar-refractivity contribution in [3.8, 4) is 5.75 Å². The van der Waals surface area contributed by atoms with Crippen molar-refractivity contribution >= 4 is 26.7 Å². The summed E-state index contributed by atoms with van der Waals surface area (Å²) in [7, 11) is 0. The van der Waals surface area contributed by atoms with Crippen LogP contribution in [0.4, 0.5) is 0 Å². The summed E-state index contributed by atoms with van der Waals surface area (Å²) in [6, 6.07) is 22.7. The molecule has 0 N–H and O–H groups in total. The van der Waals surface area contributed by atoms with E-state index in [0.717, 1.165) is 10.2 Å². The normalized spacial score (nSPS) is 20.0. The van der Waals surface area contributed by atoms with Crippen molar-refractivity contribution in [2.45, 2.75) is 12.2 Å². The summed E-state index contributed by atoms with van der Waals surface area (Å²) in [4.78, 5) is 0. The highest BCUT2D eigenvalue weighted by molar-refractivity contribution is 9.10. The summed E-state index contributed by atoms with van der Waals surface area (Å²) in [5.41, 5.74) is 1.22. The Kier molecular flexibility index (Phi) is 3.60. The monoisotopic (exact) mass is 354 g/mol. The Morgan fingerprint density at radius 3 is 2.55 bits per heavy atom. The molecule has 3 aromatic carbocycles. The number of fused-ring (bicyclic) bond motifs is 1. The van der Waals surface area contributed by atoms with E-state index in [4.69, 9.17) is 9.47 Å². The largest absolute Gasteiger partial charge is 0.491 e. The van der Waals surface area contributed by atoms with Gasteiger partial charge < -0.3 is 9.47 Å². The van der Waals surface area contributed by atoms with Gasteiger partial charge >= 0.3 is 0 Å². The molecule has 2 nitrogen and oxygen atoms in total. The zero-order chi connectivity index (χ0) is 14.9. The molecular formula is C19H15BrO2. The van der Waals surface area contributed by atoms with E-state index in [2.05, 4.69) is 52.3 Å². The SMILES string of the molecule is Brc1ccc2cc(OC[C@H]3O[C@@H]3c3ccccc3)ccc2c1. The van der Waals surface area contributed by atoms with Crippen LogP contribution in [0.5, 0.6) is 5.75 Å². The molecule has 22 heavy (non-hydrogen) atoms. The van der Waals surface area contributed by atoms with E-state index in [1.807, 2.05) is 30.3 Å². The quantitative estimate of drug-likeness (QED) is 0.606. The molecule has 0 aromatic heterocycles. The van der Waals surface area contributed by atoms with Gasteiger partial charge in [0.05, 0.1) is 0 Å². The summed E-state index contributed by atoms with van der Waals surface area (Å²) >= 11 is 3.49. The van der Waals surface area contributed by atoms with Crippen molar-refractivity contribution in [3.63, 3.8) is 0 Å². The van der Waals surface area contributed by atoms with Crippen LogP contribution in [-0.4, -0.2) is 12.7 Å². The number of rotatable bonds is 4. The highest BCUT2D eigenvalue weighted by atomic mass is 79.9. The minimum atomic E-state index is 0.156. The van der Waals surface area contributed by atoms with Crippen LogP contribution < -0.4 is 4.74 Å². The summed E-state index contributed by atoms with van der Waals surface area (Å²) in [5, 5.41) is 2.38. The Morgan fingerprint density at radius 1 is 0.909 bits per heavy atom. The second-order valence-electron chi connectivity index (χ2n) is 5.47. The van der Waals surface area contributed by atoms with Gasteiger partial charge in [-0.2, -0.15) is 0 Å². The maximum absolute atomic E-state index is 5.88. The molecule has 0 spiro atoms. The molecule has 0 bridgehead atoms. The second kappa shape index (κ2) is 5.75. The van der Waals surface area contributed by atoms with Crippen molar-refractivity contribution in [3.05, 3.63) is 76.8 Å². The minimum Gasteiger partial charge on any atom is -0.491 e. The Morgan fingerprint density at radius 2 is 1.68 bits per heavy atom. The van der Waals surface area contributed by atoms with Gasteiger partial charge in [-0.05, 0) is 40.6 Å². The molecule has 3 heteroatoms. The Bertz CT molecular complexity index is 801. The van der Waals surface area contributed by atoms with Crippen molar-refractivity contribution in [2.75, 3.05) is 6.61 Å². The van der Waals surface area contributed by atoms with Crippen molar-refractivity contribution < 1.29 is 9.47 Å². The first-order chi connectivity index (χ1) is 10.8. The van der Waals surface area contributed by atoms with Gasteiger partial charge in [-0.25, -0.2) is 0 Å². The van der Waals surface area contributed by atoms with E-state index in [0.29, 0.717) is 6.61 Å². The average molecular weight is 355 g/mol. The van der Waals surface area contributed by atoms with E-state index in [-0.39, 0.29) is 12.2 Å². The third-order valence-electron chi connectivity index (χ3n) is 3.90. The topological polar surface area (TPSA) is 21.8 Å². The molecule has 0 amide bonds. The predicted octanol–water partition coefficient (Wildman–Crippen LogP) is 5.12. The van der Waals surface area contributed by atoms with Gasteiger partial charge in [-0.15, -0.1) is 0 Å². The number of ether oxygens (including phenoxy) is 2. The second-order valence-corrected chi connectivity index (χ2v) is 6.39. The Balaban J connectivity index is 1.41. The number of benzene rings is 3. The molecule has 0 radical (unpaired) electrons. The van der Waals surface area contributed by atoms with Crippen LogP contribution in [0, 0.1) is 0 Å². The molecule has 0 aliphatic carbocycles. The standard InChI is InChI=1S/C19H15BrO2/c20-16-8-6-15-11-17(9-7-14(15)10-16)21-12-18-19(22-18)13-4-2-1-3-5-13/h1-11,18-19H,12H2/t18-,19-/m1/s1. The molecule has 110 valence electrons. The zero-order valence-corrected chi connectivity index (χ0v) is 13.5. The molecule has 1 heterocycles. The lowest BCUT2D eigenvalue weighted by Gasteiger charge is -2.06. The van der Waals surface area contributed by atoms with E-state index in [9.17, 15) is 0 Å². The lowest BCUT2D eigenvalue weighted by molar-refractivity contribution is 0.260. The van der Waals surface area contributed by atoms with Crippen LogP contribution in [0.25, 0.3) is 10.8 Å². The van der Waals surface area contributed by atoms with Crippen LogP contribution >= 0.6 is 15.9 Å². The summed E-state index contributed by atoms with van der Waals surface area (Å²) in [6.07, 6.45) is 0.334. The number of hydrogen-bond acceptors (Lipinski definition) is 2. The third-order valence-corrected chi connectivity index (χ3v) is 4.39. The van der Waals surface area contributed by atoms with Crippen LogP contribution in [0.3, 0.4) is 0 Å². The lowest BCUT2D eigenvalue weighted by Crippen LogP contribution is -2.05. The highest BCUT2D eigenvalue weighted by Crippen LogP contribution is 2.38. The lowest BCUT2D eigenvalue weighted by atomic mass is 10.1. The van der Waals surface area contributed by atoms with Crippen LogP contribution in [-0.2, 0) is 4.74 Å². The first kappa shape index (κ1) is 13.8. The number of halogens is 1. The smallest absolute Gasteiger partial charge is 0.123 e. The van der Waals surface area contributed by atoms with Gasteiger partial charge in [0.25, 0.3) is 0 Å². The number of hydrogen-bond donors (Lipinski definition) is 0.